The van der Waals surface area contributed by atoms with Gasteiger partial charge in [0.25, 0.3) is 0 Å². The Bertz CT molecular complexity index is 1040. The van der Waals surface area contributed by atoms with Crippen LogP contribution in [0.25, 0.3) is 10.2 Å². The highest BCUT2D eigenvalue weighted by molar-refractivity contribution is 7.20. The van der Waals surface area contributed by atoms with Gasteiger partial charge in [-0.25, -0.2) is 19.2 Å². The SMILES string of the molecule is Cc1nc(Nc2ccc(F)cc2OC(CN)CN)c2c(C)c(C(=O)O)sc2n1. The van der Waals surface area contributed by atoms with E-state index in [2.05, 4.69) is 15.3 Å². The van der Waals surface area contributed by atoms with Gasteiger partial charge in [0, 0.05) is 19.2 Å². The number of fused-ring (bicyclic) bond motifs is 1. The molecular formula is C18H20FN5O3S. The lowest BCUT2D eigenvalue weighted by Gasteiger charge is -2.19. The third kappa shape index (κ3) is 3.88. The van der Waals surface area contributed by atoms with Crippen LogP contribution >= 0.6 is 11.3 Å². The van der Waals surface area contributed by atoms with E-state index in [0.29, 0.717) is 33.1 Å². The van der Waals surface area contributed by atoms with Gasteiger partial charge in [-0.05, 0) is 31.5 Å². The quantitative estimate of drug-likeness (QED) is 0.471. The molecule has 10 heteroatoms. The molecule has 2 heterocycles. The summed E-state index contributed by atoms with van der Waals surface area (Å²) in [5.74, 6) is -0.380. The monoisotopic (exact) mass is 405 g/mol. The molecule has 0 radical (unpaired) electrons. The Labute approximate surface area is 164 Å². The molecule has 148 valence electrons. The van der Waals surface area contributed by atoms with E-state index >= 15 is 0 Å². The second kappa shape index (κ2) is 8.05. The smallest absolute Gasteiger partial charge is 0.346 e. The number of hydrogen-bond acceptors (Lipinski definition) is 8. The molecule has 0 fully saturated rings. The first-order valence-corrected chi connectivity index (χ1v) is 9.30. The Morgan fingerprint density at radius 3 is 2.68 bits per heavy atom. The van der Waals surface area contributed by atoms with Crippen LogP contribution in [0.1, 0.15) is 21.1 Å². The molecule has 0 bridgehead atoms. The highest BCUT2D eigenvalue weighted by Crippen LogP contribution is 2.37. The molecule has 0 aliphatic carbocycles. The Kier molecular flexibility index (Phi) is 5.73. The number of carboxylic acids is 1. The van der Waals surface area contributed by atoms with Gasteiger partial charge in [0.05, 0.1) is 11.1 Å². The zero-order valence-electron chi connectivity index (χ0n) is 15.3. The lowest BCUT2D eigenvalue weighted by Crippen LogP contribution is -2.34. The normalized spacial score (nSPS) is 11.2. The molecule has 2 aromatic heterocycles. The van der Waals surface area contributed by atoms with Gasteiger partial charge in [-0.2, -0.15) is 0 Å². The van der Waals surface area contributed by atoms with E-state index in [0.717, 1.165) is 11.3 Å². The number of hydrogen-bond donors (Lipinski definition) is 4. The zero-order chi connectivity index (χ0) is 20.4. The van der Waals surface area contributed by atoms with E-state index in [1.54, 1.807) is 13.8 Å². The summed E-state index contributed by atoms with van der Waals surface area (Å²) in [6.45, 7) is 3.76. The number of nitrogens with zero attached hydrogens (tertiary/aromatic N) is 2. The van der Waals surface area contributed by atoms with Crippen molar-refractivity contribution >= 4 is 39.0 Å². The number of aryl methyl sites for hydroxylation is 2. The number of rotatable bonds is 7. The van der Waals surface area contributed by atoms with Crippen molar-refractivity contribution in [2.75, 3.05) is 18.4 Å². The molecule has 0 saturated carbocycles. The molecule has 1 aromatic carbocycles. The molecule has 0 aliphatic heterocycles. The molecule has 28 heavy (non-hydrogen) atoms. The highest BCUT2D eigenvalue weighted by atomic mass is 32.1. The molecule has 3 rings (SSSR count). The largest absolute Gasteiger partial charge is 0.485 e. The molecular weight excluding hydrogens is 385 g/mol. The summed E-state index contributed by atoms with van der Waals surface area (Å²) in [6, 6.07) is 4.02. The number of thiophene rings is 1. The first-order chi connectivity index (χ1) is 13.3. The van der Waals surface area contributed by atoms with Crippen molar-refractivity contribution in [3.05, 3.63) is 40.3 Å². The Morgan fingerprint density at radius 1 is 1.32 bits per heavy atom. The molecule has 0 atom stereocenters. The molecule has 8 nitrogen and oxygen atoms in total. The van der Waals surface area contributed by atoms with E-state index in [-0.39, 0.29) is 23.7 Å². The Morgan fingerprint density at radius 2 is 2.04 bits per heavy atom. The molecule has 0 spiro atoms. The topological polar surface area (TPSA) is 136 Å². The summed E-state index contributed by atoms with van der Waals surface area (Å²) in [5.41, 5.74) is 12.3. The van der Waals surface area contributed by atoms with Crippen molar-refractivity contribution in [3.8, 4) is 5.75 Å². The van der Waals surface area contributed by atoms with Crippen molar-refractivity contribution in [2.45, 2.75) is 20.0 Å². The van der Waals surface area contributed by atoms with Gasteiger partial charge in [-0.15, -0.1) is 11.3 Å². The van der Waals surface area contributed by atoms with Crippen LogP contribution in [0.4, 0.5) is 15.9 Å². The molecule has 0 unspecified atom stereocenters. The maximum absolute atomic E-state index is 13.8. The Balaban J connectivity index is 2.09. The van der Waals surface area contributed by atoms with Gasteiger partial charge in [0.1, 0.15) is 39.0 Å². The number of halogens is 1. The standard InChI is InChI=1S/C18H20FN5O3S/c1-8-14-16(22-9(2)23-17(14)28-15(8)18(25)26)24-12-4-3-10(19)5-13(12)27-11(6-20)7-21/h3-5,11H,6-7,20-21H2,1-2H3,(H,25,26)(H,22,23,24). The number of nitrogens with one attached hydrogen (secondary N) is 1. The van der Waals surface area contributed by atoms with E-state index in [4.69, 9.17) is 16.2 Å². The number of ether oxygens (including phenoxy) is 1. The number of nitrogens with two attached hydrogens (primary N) is 2. The van der Waals surface area contributed by atoms with Crippen molar-refractivity contribution in [1.29, 1.82) is 0 Å². The van der Waals surface area contributed by atoms with Gasteiger partial charge < -0.3 is 26.6 Å². The van der Waals surface area contributed by atoms with Crippen LogP contribution in [0.15, 0.2) is 18.2 Å². The van der Waals surface area contributed by atoms with E-state index < -0.39 is 17.9 Å². The third-order valence-electron chi connectivity index (χ3n) is 4.11. The maximum atomic E-state index is 13.8. The zero-order valence-corrected chi connectivity index (χ0v) is 16.1. The summed E-state index contributed by atoms with van der Waals surface area (Å²) in [4.78, 5) is 21.0. The number of carbonyl (C=O) groups is 1. The van der Waals surface area contributed by atoms with Crippen LogP contribution in [0.2, 0.25) is 0 Å². The van der Waals surface area contributed by atoms with Crippen LogP contribution in [0.5, 0.6) is 5.75 Å². The lowest BCUT2D eigenvalue weighted by atomic mass is 10.2. The van der Waals surface area contributed by atoms with Crippen molar-refractivity contribution in [1.82, 2.24) is 9.97 Å². The minimum atomic E-state index is -1.02. The predicted molar refractivity (Wildman–Crippen MR) is 106 cm³/mol. The third-order valence-corrected chi connectivity index (χ3v) is 5.29. The van der Waals surface area contributed by atoms with Crippen molar-refractivity contribution in [3.63, 3.8) is 0 Å². The van der Waals surface area contributed by atoms with Gasteiger partial charge in [0.2, 0.25) is 0 Å². The Hall–Kier alpha value is -2.82. The predicted octanol–water partition coefficient (Wildman–Crippen LogP) is 2.55. The highest BCUT2D eigenvalue weighted by Gasteiger charge is 2.20. The van der Waals surface area contributed by atoms with Crippen LogP contribution in [-0.4, -0.2) is 40.2 Å². The van der Waals surface area contributed by atoms with E-state index in [1.807, 2.05) is 0 Å². The summed E-state index contributed by atoms with van der Waals surface area (Å²) in [6.07, 6.45) is -0.476. The summed E-state index contributed by atoms with van der Waals surface area (Å²) in [5, 5.41) is 13.1. The number of benzene rings is 1. The molecule has 3 aromatic rings. The van der Waals surface area contributed by atoms with Crippen LogP contribution in [-0.2, 0) is 0 Å². The molecule has 0 amide bonds. The van der Waals surface area contributed by atoms with Crippen LogP contribution in [0, 0.1) is 19.7 Å². The fourth-order valence-corrected chi connectivity index (χ4v) is 3.80. The number of carboxylic acid groups (broad SMARTS) is 1. The number of aromatic nitrogens is 2. The second-order valence-corrected chi connectivity index (χ2v) is 7.14. The average molecular weight is 405 g/mol. The maximum Gasteiger partial charge on any atom is 0.346 e. The minimum absolute atomic E-state index is 0.176. The lowest BCUT2D eigenvalue weighted by molar-refractivity contribution is 0.0701. The average Bonchev–Trinajstić information content (AvgIpc) is 2.98. The van der Waals surface area contributed by atoms with Gasteiger partial charge in [-0.1, -0.05) is 0 Å². The summed E-state index contributed by atoms with van der Waals surface area (Å²) in [7, 11) is 0. The van der Waals surface area contributed by atoms with Crippen LogP contribution in [0.3, 0.4) is 0 Å². The molecule has 6 N–H and O–H groups in total. The number of aromatic carboxylic acids is 1. The first-order valence-electron chi connectivity index (χ1n) is 8.48. The number of anilines is 2. The van der Waals surface area contributed by atoms with Gasteiger partial charge in [-0.3, -0.25) is 0 Å². The minimum Gasteiger partial charge on any atom is -0.485 e. The van der Waals surface area contributed by atoms with Crippen LogP contribution < -0.4 is 21.5 Å². The second-order valence-electron chi connectivity index (χ2n) is 6.14. The van der Waals surface area contributed by atoms with Crippen molar-refractivity contribution in [2.24, 2.45) is 11.5 Å². The van der Waals surface area contributed by atoms with E-state index in [1.165, 1.54) is 18.2 Å². The molecule has 0 aliphatic rings. The molecule has 0 saturated heterocycles. The fraction of sp³-hybridized carbons (Fsp3) is 0.278. The summed E-state index contributed by atoms with van der Waals surface area (Å²) >= 11 is 1.08. The first kappa shape index (κ1) is 19.9. The summed E-state index contributed by atoms with van der Waals surface area (Å²) < 4.78 is 19.5. The van der Waals surface area contributed by atoms with Crippen molar-refractivity contribution < 1.29 is 19.0 Å². The van der Waals surface area contributed by atoms with E-state index in [9.17, 15) is 14.3 Å². The van der Waals surface area contributed by atoms with Gasteiger partial charge >= 0.3 is 5.97 Å². The fourth-order valence-electron chi connectivity index (χ4n) is 2.74. The van der Waals surface area contributed by atoms with Gasteiger partial charge in [0.15, 0.2) is 0 Å².